The second kappa shape index (κ2) is 11.8. The third kappa shape index (κ3) is 9.35. The molecule has 0 aliphatic carbocycles. The molecule has 0 bridgehead atoms. The molecule has 210 valence electrons. The summed E-state index contributed by atoms with van der Waals surface area (Å²) in [5.74, 6) is -1.83. The first-order valence-electron chi connectivity index (χ1n) is 11.1. The molecule has 0 radical (unpaired) electrons. The lowest BCUT2D eigenvalue weighted by molar-refractivity contribution is -0.275. The molecule has 2 aromatic carbocycles. The summed E-state index contributed by atoms with van der Waals surface area (Å²) in [6.45, 7) is 4.84. The highest BCUT2D eigenvalue weighted by Gasteiger charge is 2.41. The molecule has 2 aromatic rings. The van der Waals surface area contributed by atoms with Crippen LogP contribution in [0.3, 0.4) is 0 Å². The zero-order valence-corrected chi connectivity index (χ0v) is 22.1. The molecule has 6 nitrogen and oxygen atoms in total. The van der Waals surface area contributed by atoms with E-state index in [0.717, 1.165) is 24.3 Å². The number of alkyl halides is 6. The highest BCUT2D eigenvalue weighted by Crippen LogP contribution is 2.39. The summed E-state index contributed by atoms with van der Waals surface area (Å²) >= 11 is 0. The van der Waals surface area contributed by atoms with Gasteiger partial charge in [0.2, 0.25) is 0 Å². The number of benzene rings is 2. The Hall–Kier alpha value is -3.06. The Balaban J connectivity index is 2.84. The fourth-order valence-corrected chi connectivity index (χ4v) is 4.24. The zero-order chi connectivity index (χ0) is 28.9. The summed E-state index contributed by atoms with van der Waals surface area (Å²) in [5.41, 5.74) is -1.87. The van der Waals surface area contributed by atoms with E-state index in [1.807, 2.05) is 0 Å². The molecule has 38 heavy (non-hydrogen) atoms. The van der Waals surface area contributed by atoms with Gasteiger partial charge in [-0.15, -0.1) is 26.3 Å². The van der Waals surface area contributed by atoms with Crippen LogP contribution in [0.5, 0.6) is 11.5 Å². The average molecular weight is 567 g/mol. The number of hydrogen-bond donors (Lipinski definition) is 1. The number of hydrogen-bond acceptors (Lipinski definition) is 5. The van der Waals surface area contributed by atoms with E-state index in [-0.39, 0.29) is 11.1 Å². The SMILES string of the molecule is CN(C)/C=C/C(=O)CC(NS(=O)C(C)(C)C)(c1cccc(OC(F)(F)F)c1)c1cccc(OC(F)(F)F)c1. The molecule has 1 atom stereocenters. The number of nitrogens with one attached hydrogen (secondary N) is 1. The van der Waals surface area contributed by atoms with Crippen LogP contribution >= 0.6 is 0 Å². The Bertz CT molecular complexity index is 1110. The van der Waals surface area contributed by atoms with Gasteiger partial charge in [-0.05, 0) is 62.2 Å². The van der Waals surface area contributed by atoms with Crippen molar-refractivity contribution >= 4 is 16.8 Å². The number of carbonyl (C=O) groups excluding carboxylic acids is 1. The standard InChI is InChI=1S/C25H28F6N2O4S/c1-22(2,3)38(35)32-23(16-19(34)12-13-33(4)5,17-8-6-10-20(14-17)36-24(26,27)28)18-9-7-11-21(15-18)37-25(29,30)31/h6-15,32H,16H2,1-5H3/b13-12+. The van der Waals surface area contributed by atoms with E-state index in [1.165, 1.54) is 36.5 Å². The van der Waals surface area contributed by atoms with Crippen molar-refractivity contribution in [1.82, 2.24) is 9.62 Å². The van der Waals surface area contributed by atoms with Crippen LogP contribution in [-0.2, 0) is 21.3 Å². The van der Waals surface area contributed by atoms with E-state index in [4.69, 9.17) is 0 Å². The molecular formula is C25H28F6N2O4S. The van der Waals surface area contributed by atoms with Gasteiger partial charge >= 0.3 is 12.7 Å². The number of ether oxygens (including phenoxy) is 2. The summed E-state index contributed by atoms with van der Waals surface area (Å²) in [5, 5.41) is 0. The van der Waals surface area contributed by atoms with E-state index in [1.54, 1.807) is 39.8 Å². The van der Waals surface area contributed by atoms with Crippen molar-refractivity contribution in [3.8, 4) is 11.5 Å². The predicted octanol–water partition coefficient (Wildman–Crippen LogP) is 5.81. The second-order valence-electron chi connectivity index (χ2n) is 9.46. The first kappa shape index (κ1) is 31.2. The molecule has 0 saturated heterocycles. The van der Waals surface area contributed by atoms with Crippen molar-refractivity contribution < 1.29 is 44.8 Å². The fourth-order valence-electron chi connectivity index (χ4n) is 3.31. The average Bonchev–Trinajstić information content (AvgIpc) is 2.74. The lowest BCUT2D eigenvalue weighted by Crippen LogP contribution is -2.50. The van der Waals surface area contributed by atoms with Gasteiger partial charge in [0.1, 0.15) is 11.5 Å². The summed E-state index contributed by atoms with van der Waals surface area (Å²) < 4.78 is 101. The summed E-state index contributed by atoms with van der Waals surface area (Å²) in [6, 6.07) is 9.19. The number of ketones is 1. The number of halogens is 6. The molecule has 0 aromatic heterocycles. The Morgan fingerprint density at radius 2 is 1.34 bits per heavy atom. The second-order valence-corrected chi connectivity index (χ2v) is 11.4. The first-order valence-corrected chi connectivity index (χ1v) is 12.3. The molecule has 1 unspecified atom stereocenters. The van der Waals surface area contributed by atoms with E-state index in [0.29, 0.717) is 0 Å². The molecule has 0 aliphatic rings. The molecule has 0 fully saturated rings. The lowest BCUT2D eigenvalue weighted by Gasteiger charge is -2.37. The first-order chi connectivity index (χ1) is 17.3. The maximum Gasteiger partial charge on any atom is 0.573 e. The van der Waals surface area contributed by atoms with Gasteiger partial charge in [0.15, 0.2) is 5.78 Å². The largest absolute Gasteiger partial charge is 0.573 e. The number of rotatable bonds is 10. The predicted molar refractivity (Wildman–Crippen MR) is 131 cm³/mol. The number of carbonyl (C=O) groups is 1. The minimum atomic E-state index is -5.03. The van der Waals surface area contributed by atoms with Gasteiger partial charge in [0.25, 0.3) is 0 Å². The Labute approximate surface area is 219 Å². The van der Waals surface area contributed by atoms with Crippen LogP contribution in [0, 0.1) is 0 Å². The Morgan fingerprint density at radius 3 is 1.71 bits per heavy atom. The molecule has 0 amide bonds. The van der Waals surface area contributed by atoms with Gasteiger partial charge in [-0.2, -0.15) is 0 Å². The van der Waals surface area contributed by atoms with Crippen molar-refractivity contribution in [2.75, 3.05) is 14.1 Å². The van der Waals surface area contributed by atoms with E-state index >= 15 is 0 Å². The molecule has 0 spiro atoms. The molecule has 2 rings (SSSR count). The van der Waals surface area contributed by atoms with Crippen LogP contribution in [0.25, 0.3) is 0 Å². The smallest absolute Gasteiger partial charge is 0.406 e. The molecule has 1 N–H and O–H groups in total. The van der Waals surface area contributed by atoms with Gasteiger partial charge in [-0.25, -0.2) is 8.93 Å². The van der Waals surface area contributed by atoms with Crippen LogP contribution in [-0.4, -0.2) is 46.5 Å². The van der Waals surface area contributed by atoms with Crippen LogP contribution in [0.1, 0.15) is 38.3 Å². The van der Waals surface area contributed by atoms with Crippen LogP contribution < -0.4 is 14.2 Å². The third-order valence-electron chi connectivity index (χ3n) is 4.94. The summed E-state index contributed by atoms with van der Waals surface area (Å²) in [7, 11) is 1.35. The molecule has 0 heterocycles. The Morgan fingerprint density at radius 1 is 0.895 bits per heavy atom. The van der Waals surface area contributed by atoms with Crippen LogP contribution in [0.15, 0.2) is 60.8 Å². The summed E-state index contributed by atoms with van der Waals surface area (Å²) in [6.07, 6.45) is -7.96. The zero-order valence-electron chi connectivity index (χ0n) is 21.2. The third-order valence-corrected chi connectivity index (χ3v) is 6.59. The minimum absolute atomic E-state index is 0.00684. The van der Waals surface area contributed by atoms with Crippen molar-refractivity contribution in [2.24, 2.45) is 0 Å². The lowest BCUT2D eigenvalue weighted by atomic mass is 9.79. The fraction of sp³-hybridized carbons (Fsp3) is 0.400. The van der Waals surface area contributed by atoms with E-state index in [9.17, 15) is 35.3 Å². The van der Waals surface area contributed by atoms with E-state index in [2.05, 4.69) is 14.2 Å². The van der Waals surface area contributed by atoms with Gasteiger partial charge < -0.3 is 14.4 Å². The van der Waals surface area contributed by atoms with Crippen molar-refractivity contribution in [2.45, 2.75) is 50.2 Å². The number of nitrogens with zero attached hydrogens (tertiary/aromatic N) is 1. The van der Waals surface area contributed by atoms with Crippen molar-refractivity contribution in [3.63, 3.8) is 0 Å². The van der Waals surface area contributed by atoms with Crippen LogP contribution in [0.2, 0.25) is 0 Å². The van der Waals surface area contributed by atoms with Gasteiger partial charge in [0, 0.05) is 26.7 Å². The maximum absolute atomic E-state index is 13.3. The molecule has 0 aliphatic heterocycles. The molecule has 0 saturated carbocycles. The van der Waals surface area contributed by atoms with Gasteiger partial charge in [0.05, 0.1) is 21.3 Å². The molecule has 13 heteroatoms. The Kier molecular flexibility index (Phi) is 9.65. The highest BCUT2D eigenvalue weighted by molar-refractivity contribution is 7.84. The van der Waals surface area contributed by atoms with E-state index < -0.39 is 57.7 Å². The number of allylic oxidation sites excluding steroid dienone is 1. The van der Waals surface area contributed by atoms with Gasteiger partial charge in [-0.1, -0.05) is 24.3 Å². The topological polar surface area (TPSA) is 67.9 Å². The van der Waals surface area contributed by atoms with Crippen molar-refractivity contribution in [1.29, 1.82) is 0 Å². The highest BCUT2D eigenvalue weighted by atomic mass is 32.2. The molecular weight excluding hydrogens is 538 g/mol. The summed E-state index contributed by atoms with van der Waals surface area (Å²) in [4.78, 5) is 14.7. The normalized spacial score (nSPS) is 13.9. The van der Waals surface area contributed by atoms with Crippen molar-refractivity contribution in [3.05, 3.63) is 71.9 Å². The minimum Gasteiger partial charge on any atom is -0.406 e. The quantitative estimate of drug-likeness (QED) is 0.290. The van der Waals surface area contributed by atoms with Gasteiger partial charge in [-0.3, -0.25) is 4.79 Å². The van der Waals surface area contributed by atoms with Crippen LogP contribution in [0.4, 0.5) is 26.3 Å². The monoisotopic (exact) mass is 566 g/mol. The maximum atomic E-state index is 13.3.